The molecule has 6 nitrogen and oxygen atoms in total. The van der Waals surface area contributed by atoms with Gasteiger partial charge in [0.15, 0.2) is 0 Å². The Morgan fingerprint density at radius 3 is 2.35 bits per heavy atom. The summed E-state index contributed by atoms with van der Waals surface area (Å²) in [7, 11) is 2.19. The van der Waals surface area contributed by atoms with Crippen molar-refractivity contribution in [3.05, 3.63) is 23.8 Å². The van der Waals surface area contributed by atoms with Gasteiger partial charge in [0.1, 0.15) is 11.9 Å². The lowest BCUT2D eigenvalue weighted by atomic mass is 9.79. The largest absolute Gasteiger partial charge is 0.474 e. The lowest BCUT2D eigenvalue weighted by molar-refractivity contribution is -0.0563. The molecule has 7 heteroatoms. The standard InChI is InChI=1S/C27H41FN4O2/c1-17(14-28)11-23-29-16-22-24(31-23)21(18-7-9-19(33)10-8-18)15-30-25(22)34-20-12-26(2,3)32(6)27(4,5)13-20/h15-20,33H,7-14H2,1-6H3/t17-,18?,19?/m1/s1. The number of hydrogen-bond acceptors (Lipinski definition) is 6. The third-order valence-corrected chi connectivity index (χ3v) is 8.14. The second-order valence-corrected chi connectivity index (χ2v) is 11.9. The second kappa shape index (κ2) is 9.65. The molecule has 188 valence electrons. The molecule has 1 N–H and O–H groups in total. The molecule has 0 bridgehead atoms. The number of ether oxygens (including phenoxy) is 1. The Morgan fingerprint density at radius 1 is 1.09 bits per heavy atom. The first kappa shape index (κ1) is 25.2. The molecular weight excluding hydrogens is 431 g/mol. The van der Waals surface area contributed by atoms with E-state index in [1.807, 2.05) is 19.3 Å². The second-order valence-electron chi connectivity index (χ2n) is 11.9. The summed E-state index contributed by atoms with van der Waals surface area (Å²) in [4.78, 5) is 16.7. The number of aliphatic hydroxyl groups is 1. The van der Waals surface area contributed by atoms with Crippen molar-refractivity contribution in [2.45, 2.75) is 109 Å². The van der Waals surface area contributed by atoms with Crippen LogP contribution in [0.1, 0.15) is 90.4 Å². The van der Waals surface area contributed by atoms with Crippen LogP contribution in [0.4, 0.5) is 4.39 Å². The van der Waals surface area contributed by atoms with E-state index in [-0.39, 0.29) is 35.9 Å². The Bertz CT molecular complexity index is 986. The molecule has 2 aromatic heterocycles. The van der Waals surface area contributed by atoms with Crippen molar-refractivity contribution in [3.8, 4) is 5.88 Å². The van der Waals surface area contributed by atoms with Gasteiger partial charge < -0.3 is 9.84 Å². The highest BCUT2D eigenvalue weighted by atomic mass is 19.1. The summed E-state index contributed by atoms with van der Waals surface area (Å²) in [6.45, 7) is 10.5. The topological polar surface area (TPSA) is 71.4 Å². The molecular formula is C27H41FN4O2. The first-order valence-corrected chi connectivity index (χ1v) is 12.8. The van der Waals surface area contributed by atoms with Crippen molar-refractivity contribution in [1.82, 2.24) is 19.9 Å². The number of halogens is 1. The van der Waals surface area contributed by atoms with Crippen LogP contribution in [-0.4, -0.2) is 62.0 Å². The monoisotopic (exact) mass is 472 g/mol. The molecule has 2 fully saturated rings. The number of pyridine rings is 1. The number of nitrogens with zero attached hydrogens (tertiary/aromatic N) is 4. The van der Waals surface area contributed by atoms with Crippen LogP contribution in [0, 0.1) is 5.92 Å². The highest BCUT2D eigenvalue weighted by Gasteiger charge is 2.44. The van der Waals surface area contributed by atoms with Gasteiger partial charge in [0, 0.05) is 48.3 Å². The number of alkyl halides is 1. The molecule has 2 aliphatic rings. The summed E-state index contributed by atoms with van der Waals surface area (Å²) in [6.07, 6.45) is 9.29. The molecule has 1 saturated heterocycles. The molecule has 0 aromatic carbocycles. The van der Waals surface area contributed by atoms with Crippen LogP contribution in [0.15, 0.2) is 12.4 Å². The van der Waals surface area contributed by atoms with E-state index in [1.165, 1.54) is 0 Å². The Morgan fingerprint density at radius 2 is 1.74 bits per heavy atom. The number of likely N-dealkylation sites (tertiary alicyclic amines) is 1. The van der Waals surface area contributed by atoms with E-state index in [0.29, 0.717) is 24.0 Å². The lowest BCUT2D eigenvalue weighted by Crippen LogP contribution is -2.60. The molecule has 3 heterocycles. The minimum absolute atomic E-state index is 0.0112. The van der Waals surface area contributed by atoms with E-state index in [1.54, 1.807) is 0 Å². The lowest BCUT2D eigenvalue weighted by Gasteiger charge is -2.53. The van der Waals surface area contributed by atoms with E-state index >= 15 is 0 Å². The predicted molar refractivity (Wildman–Crippen MR) is 133 cm³/mol. The fraction of sp³-hybridized carbons (Fsp3) is 0.741. The summed E-state index contributed by atoms with van der Waals surface area (Å²) in [5.41, 5.74) is 1.98. The molecule has 2 aromatic rings. The smallest absolute Gasteiger partial charge is 0.224 e. The maximum Gasteiger partial charge on any atom is 0.224 e. The van der Waals surface area contributed by atoms with Crippen molar-refractivity contribution in [2.24, 2.45) is 5.92 Å². The van der Waals surface area contributed by atoms with E-state index in [9.17, 15) is 9.50 Å². The van der Waals surface area contributed by atoms with Gasteiger partial charge in [-0.2, -0.15) is 0 Å². The molecule has 1 aliphatic carbocycles. The van der Waals surface area contributed by atoms with Gasteiger partial charge in [0.25, 0.3) is 0 Å². The Hall–Kier alpha value is -1.86. The minimum atomic E-state index is -0.388. The number of fused-ring (bicyclic) bond motifs is 1. The first-order chi connectivity index (χ1) is 16.0. The Balaban J connectivity index is 1.69. The zero-order chi connectivity index (χ0) is 24.7. The molecule has 1 saturated carbocycles. The summed E-state index contributed by atoms with van der Waals surface area (Å²) in [5.74, 6) is 1.43. The maximum atomic E-state index is 13.2. The van der Waals surface area contributed by atoms with Gasteiger partial charge in [-0.25, -0.2) is 15.0 Å². The third kappa shape index (κ3) is 5.20. The van der Waals surface area contributed by atoms with Crippen molar-refractivity contribution in [3.63, 3.8) is 0 Å². The summed E-state index contributed by atoms with van der Waals surface area (Å²) in [5, 5.41) is 10.8. The fourth-order valence-electron chi connectivity index (χ4n) is 5.82. The van der Waals surface area contributed by atoms with Crippen molar-refractivity contribution in [2.75, 3.05) is 13.7 Å². The predicted octanol–water partition coefficient (Wildman–Crippen LogP) is 5.22. The van der Waals surface area contributed by atoms with Gasteiger partial charge in [-0.1, -0.05) is 6.92 Å². The summed E-state index contributed by atoms with van der Waals surface area (Å²) >= 11 is 0. The number of hydrogen-bond donors (Lipinski definition) is 1. The zero-order valence-corrected chi connectivity index (χ0v) is 21.6. The van der Waals surface area contributed by atoms with Gasteiger partial charge in [0.2, 0.25) is 5.88 Å². The normalized spacial score (nSPS) is 26.5. The van der Waals surface area contributed by atoms with Crippen LogP contribution < -0.4 is 4.74 Å². The van der Waals surface area contributed by atoms with Crippen molar-refractivity contribution < 1.29 is 14.2 Å². The van der Waals surface area contributed by atoms with Crippen LogP contribution >= 0.6 is 0 Å². The van der Waals surface area contributed by atoms with E-state index in [4.69, 9.17) is 14.7 Å². The zero-order valence-electron chi connectivity index (χ0n) is 21.6. The van der Waals surface area contributed by atoms with E-state index in [2.05, 4.69) is 44.6 Å². The molecule has 0 unspecified atom stereocenters. The molecule has 0 radical (unpaired) electrons. The Kier molecular flexibility index (Phi) is 7.16. The van der Waals surface area contributed by atoms with Gasteiger partial charge in [-0.05, 0) is 72.3 Å². The summed E-state index contributed by atoms with van der Waals surface area (Å²) < 4.78 is 19.7. The average molecular weight is 473 g/mol. The van der Waals surface area contributed by atoms with E-state index < -0.39 is 0 Å². The summed E-state index contributed by atoms with van der Waals surface area (Å²) in [6, 6.07) is 0. The molecule has 1 atom stereocenters. The van der Waals surface area contributed by atoms with Crippen LogP contribution in [-0.2, 0) is 6.42 Å². The van der Waals surface area contributed by atoms with Gasteiger partial charge in [-0.3, -0.25) is 9.29 Å². The fourth-order valence-corrected chi connectivity index (χ4v) is 5.82. The quantitative estimate of drug-likeness (QED) is 0.621. The van der Waals surface area contributed by atoms with Crippen molar-refractivity contribution in [1.29, 1.82) is 0 Å². The molecule has 0 amide bonds. The number of rotatable bonds is 6. The average Bonchev–Trinajstić information content (AvgIpc) is 2.78. The van der Waals surface area contributed by atoms with Gasteiger partial charge in [0.05, 0.1) is 23.7 Å². The number of piperidine rings is 1. The van der Waals surface area contributed by atoms with Gasteiger partial charge in [-0.15, -0.1) is 0 Å². The molecule has 1 aliphatic heterocycles. The highest BCUT2D eigenvalue weighted by molar-refractivity contribution is 5.85. The van der Waals surface area contributed by atoms with Crippen LogP contribution in [0.3, 0.4) is 0 Å². The number of aromatic nitrogens is 3. The molecule has 4 rings (SSSR count). The number of aliphatic hydroxyl groups excluding tert-OH is 1. The SMILES string of the molecule is C[C@@H](CF)Cc1ncc2c(OC3CC(C)(C)N(C)C(C)(C)C3)ncc(C3CCC(O)CC3)c2n1. The van der Waals surface area contributed by atoms with Crippen LogP contribution in [0.25, 0.3) is 10.9 Å². The molecule has 34 heavy (non-hydrogen) atoms. The third-order valence-electron chi connectivity index (χ3n) is 8.14. The maximum absolute atomic E-state index is 13.2. The van der Waals surface area contributed by atoms with Crippen LogP contribution in [0.2, 0.25) is 0 Å². The van der Waals surface area contributed by atoms with Gasteiger partial charge >= 0.3 is 0 Å². The minimum Gasteiger partial charge on any atom is -0.474 e. The van der Waals surface area contributed by atoms with Crippen LogP contribution in [0.5, 0.6) is 5.88 Å². The van der Waals surface area contributed by atoms with E-state index in [0.717, 1.165) is 55.0 Å². The highest BCUT2D eigenvalue weighted by Crippen LogP contribution is 2.41. The first-order valence-electron chi connectivity index (χ1n) is 12.8. The Labute approximate surface area is 203 Å². The van der Waals surface area contributed by atoms with Crippen molar-refractivity contribution >= 4 is 10.9 Å². The molecule has 0 spiro atoms.